The molecule has 2 heterocycles. The summed E-state index contributed by atoms with van der Waals surface area (Å²) < 4.78 is 0. The van der Waals surface area contributed by atoms with Crippen molar-refractivity contribution in [1.29, 1.82) is 0 Å². The second kappa shape index (κ2) is 12.5. The molecule has 1 aromatic carbocycles. The van der Waals surface area contributed by atoms with Gasteiger partial charge in [0.2, 0.25) is 23.6 Å². The second-order valence-electron chi connectivity index (χ2n) is 9.99. The Labute approximate surface area is 220 Å². The molecule has 38 heavy (non-hydrogen) atoms. The summed E-state index contributed by atoms with van der Waals surface area (Å²) in [5.74, 6) is -3.90. The van der Waals surface area contributed by atoms with E-state index < -0.39 is 53.8 Å². The Hall–Kier alpha value is -3.93. The van der Waals surface area contributed by atoms with Crippen LogP contribution in [0.2, 0.25) is 0 Å². The predicted molar refractivity (Wildman–Crippen MR) is 139 cm³/mol. The number of H-pyrrole nitrogens is 1. The molecule has 1 saturated heterocycles. The summed E-state index contributed by atoms with van der Waals surface area (Å²) in [6, 6.07) is 3.45. The van der Waals surface area contributed by atoms with Gasteiger partial charge in [0.15, 0.2) is 0 Å². The highest BCUT2D eigenvalue weighted by atomic mass is 16.4. The molecular weight excluding hydrogens is 492 g/mol. The van der Waals surface area contributed by atoms with Gasteiger partial charge in [0.25, 0.3) is 0 Å². The molecule has 0 radical (unpaired) electrons. The maximum absolute atomic E-state index is 13.2. The number of likely N-dealkylation sites (tertiary alicyclic amines) is 1. The van der Waals surface area contributed by atoms with Crippen molar-refractivity contribution in [2.75, 3.05) is 6.54 Å². The quantitative estimate of drug-likeness (QED) is 0.222. The number of carboxylic acid groups (broad SMARTS) is 1. The Kier molecular flexibility index (Phi) is 9.45. The van der Waals surface area contributed by atoms with Gasteiger partial charge in [0, 0.05) is 30.1 Å². The van der Waals surface area contributed by atoms with E-state index in [1.807, 2.05) is 24.3 Å². The molecule has 8 N–H and O–H groups in total. The van der Waals surface area contributed by atoms with Crippen LogP contribution in [0.1, 0.15) is 45.1 Å². The van der Waals surface area contributed by atoms with Crippen LogP contribution in [0.5, 0.6) is 0 Å². The normalized spacial score (nSPS) is 17.7. The minimum Gasteiger partial charge on any atom is -0.480 e. The predicted octanol–water partition coefficient (Wildman–Crippen LogP) is 0.00440. The van der Waals surface area contributed by atoms with Gasteiger partial charge in [-0.2, -0.15) is 0 Å². The van der Waals surface area contributed by atoms with Crippen molar-refractivity contribution in [2.45, 2.75) is 70.1 Å². The van der Waals surface area contributed by atoms with E-state index in [9.17, 15) is 29.1 Å². The lowest BCUT2D eigenvalue weighted by Gasteiger charge is -2.30. The summed E-state index contributed by atoms with van der Waals surface area (Å²) >= 11 is 0. The van der Waals surface area contributed by atoms with Gasteiger partial charge in [-0.25, -0.2) is 4.79 Å². The van der Waals surface area contributed by atoms with Crippen molar-refractivity contribution in [1.82, 2.24) is 20.5 Å². The zero-order valence-corrected chi connectivity index (χ0v) is 21.6. The van der Waals surface area contributed by atoms with Crippen molar-refractivity contribution < 1.29 is 29.1 Å². The largest absolute Gasteiger partial charge is 0.480 e. The Bertz CT molecular complexity index is 1190. The number of hydrogen-bond acceptors (Lipinski definition) is 6. The number of fused-ring (bicyclic) bond motifs is 1. The number of para-hydroxylation sites is 1. The number of aromatic nitrogens is 1. The number of nitrogens with zero attached hydrogens (tertiary/aromatic N) is 1. The maximum atomic E-state index is 13.2. The topological polar surface area (TPSA) is 201 Å². The summed E-state index contributed by atoms with van der Waals surface area (Å²) in [6.45, 7) is 3.73. The Morgan fingerprint density at radius 1 is 1.13 bits per heavy atom. The van der Waals surface area contributed by atoms with Gasteiger partial charge in [-0.15, -0.1) is 0 Å². The van der Waals surface area contributed by atoms with E-state index in [0.29, 0.717) is 12.8 Å². The van der Waals surface area contributed by atoms with E-state index in [-0.39, 0.29) is 31.7 Å². The van der Waals surface area contributed by atoms with E-state index in [2.05, 4.69) is 15.6 Å². The Balaban J connectivity index is 1.71. The molecule has 206 valence electrons. The molecule has 12 heteroatoms. The van der Waals surface area contributed by atoms with Gasteiger partial charge in [0.1, 0.15) is 18.1 Å². The molecule has 1 aliphatic heterocycles. The van der Waals surface area contributed by atoms with Crippen molar-refractivity contribution in [3.8, 4) is 0 Å². The van der Waals surface area contributed by atoms with Crippen LogP contribution in [-0.4, -0.2) is 75.3 Å². The number of hydrogen-bond donors (Lipinski definition) is 6. The fourth-order valence-electron chi connectivity index (χ4n) is 4.70. The van der Waals surface area contributed by atoms with Crippen LogP contribution in [0.25, 0.3) is 10.9 Å². The zero-order valence-electron chi connectivity index (χ0n) is 21.6. The van der Waals surface area contributed by atoms with Gasteiger partial charge in [-0.1, -0.05) is 32.0 Å². The van der Waals surface area contributed by atoms with Gasteiger partial charge in [-0.05, 0) is 43.2 Å². The third kappa shape index (κ3) is 6.88. The monoisotopic (exact) mass is 528 g/mol. The van der Waals surface area contributed by atoms with Crippen LogP contribution in [-0.2, 0) is 30.4 Å². The lowest BCUT2D eigenvalue weighted by Crippen LogP contribution is -2.58. The molecule has 12 nitrogen and oxygen atoms in total. The standard InChI is InChI=1S/C26H36N6O6/c1-14(2)22(25(36)32-11-5-8-20(32)26(37)38)31-24(35)19(9-10-21(28)33)30-23(34)17(27)12-15-13-29-18-7-4-3-6-16(15)18/h3-4,6-7,13-14,17,19-20,22,29H,5,8-12,27H2,1-2H3,(H2,28,33)(H,30,34)(H,31,35)(H,37,38). The molecule has 4 unspecified atom stereocenters. The van der Waals surface area contributed by atoms with E-state index in [4.69, 9.17) is 11.5 Å². The lowest BCUT2D eigenvalue weighted by atomic mass is 10.0. The molecule has 0 aliphatic carbocycles. The van der Waals surface area contributed by atoms with Gasteiger partial charge >= 0.3 is 5.97 Å². The van der Waals surface area contributed by atoms with E-state index in [1.165, 1.54) is 4.90 Å². The number of aliphatic carboxylic acids is 1. The first-order valence-electron chi connectivity index (χ1n) is 12.7. The molecule has 1 aromatic heterocycles. The molecule has 1 aliphatic rings. The van der Waals surface area contributed by atoms with Crippen LogP contribution < -0.4 is 22.1 Å². The molecule has 0 bridgehead atoms. The first-order valence-corrected chi connectivity index (χ1v) is 12.7. The number of carbonyl (C=O) groups excluding carboxylic acids is 4. The first kappa shape index (κ1) is 28.6. The van der Waals surface area contributed by atoms with Crippen LogP contribution in [0, 0.1) is 5.92 Å². The summed E-state index contributed by atoms with van der Waals surface area (Å²) in [5, 5.41) is 15.6. The molecule has 4 atom stereocenters. The fraction of sp³-hybridized carbons (Fsp3) is 0.500. The molecule has 3 rings (SSSR count). The number of carboxylic acids is 1. The van der Waals surface area contributed by atoms with E-state index in [1.54, 1.807) is 20.0 Å². The number of amides is 4. The van der Waals surface area contributed by atoms with Crippen LogP contribution in [0.4, 0.5) is 0 Å². The summed E-state index contributed by atoms with van der Waals surface area (Å²) in [7, 11) is 0. The number of carbonyl (C=O) groups is 5. The third-order valence-corrected chi connectivity index (χ3v) is 6.82. The first-order chi connectivity index (χ1) is 18.0. The number of primary amides is 1. The van der Waals surface area contributed by atoms with Gasteiger partial charge in [-0.3, -0.25) is 19.2 Å². The molecule has 0 saturated carbocycles. The van der Waals surface area contributed by atoms with Crippen molar-refractivity contribution in [2.24, 2.45) is 17.4 Å². The highest BCUT2D eigenvalue weighted by Gasteiger charge is 2.39. The third-order valence-electron chi connectivity index (χ3n) is 6.82. The summed E-state index contributed by atoms with van der Waals surface area (Å²) in [6.07, 6.45) is 2.60. The van der Waals surface area contributed by atoms with E-state index >= 15 is 0 Å². The molecule has 4 amide bonds. The van der Waals surface area contributed by atoms with Crippen molar-refractivity contribution in [3.05, 3.63) is 36.0 Å². The van der Waals surface area contributed by atoms with Gasteiger partial charge < -0.3 is 37.1 Å². The SMILES string of the molecule is CC(C)C(NC(=O)C(CCC(N)=O)NC(=O)C(N)Cc1c[nH]c2ccccc12)C(=O)N1CCCC1C(=O)O. The van der Waals surface area contributed by atoms with Crippen LogP contribution in [0.3, 0.4) is 0 Å². The number of aromatic amines is 1. The number of rotatable bonds is 12. The number of nitrogens with one attached hydrogen (secondary N) is 3. The average Bonchev–Trinajstić information content (AvgIpc) is 3.52. The minimum atomic E-state index is -1.17. The maximum Gasteiger partial charge on any atom is 0.326 e. The second-order valence-corrected chi connectivity index (χ2v) is 9.99. The van der Waals surface area contributed by atoms with Crippen LogP contribution >= 0.6 is 0 Å². The van der Waals surface area contributed by atoms with Crippen molar-refractivity contribution >= 4 is 40.5 Å². The van der Waals surface area contributed by atoms with Crippen molar-refractivity contribution in [3.63, 3.8) is 0 Å². The zero-order chi connectivity index (χ0) is 28.0. The fourth-order valence-corrected chi connectivity index (χ4v) is 4.70. The Morgan fingerprint density at radius 3 is 2.50 bits per heavy atom. The molecule has 1 fully saturated rings. The lowest BCUT2D eigenvalue weighted by molar-refractivity contribution is -0.150. The Morgan fingerprint density at radius 2 is 1.84 bits per heavy atom. The summed E-state index contributed by atoms with van der Waals surface area (Å²) in [4.78, 5) is 66.8. The van der Waals surface area contributed by atoms with E-state index in [0.717, 1.165) is 16.5 Å². The van der Waals surface area contributed by atoms with Crippen LogP contribution in [0.15, 0.2) is 30.5 Å². The molecule has 0 spiro atoms. The number of nitrogens with two attached hydrogens (primary N) is 2. The average molecular weight is 529 g/mol. The molecular formula is C26H36N6O6. The number of benzene rings is 1. The smallest absolute Gasteiger partial charge is 0.326 e. The van der Waals surface area contributed by atoms with Gasteiger partial charge in [0.05, 0.1) is 6.04 Å². The minimum absolute atomic E-state index is 0.0901. The molecule has 2 aromatic rings. The highest BCUT2D eigenvalue weighted by molar-refractivity contribution is 5.95. The highest BCUT2D eigenvalue weighted by Crippen LogP contribution is 2.21. The summed E-state index contributed by atoms with van der Waals surface area (Å²) in [5.41, 5.74) is 13.2.